The molecule has 1 aromatic carbocycles. The highest BCUT2D eigenvalue weighted by atomic mass is 35.5. The second-order valence-electron chi connectivity index (χ2n) is 3.92. The van der Waals surface area contributed by atoms with Gasteiger partial charge in [-0.2, -0.15) is 0 Å². The maximum Gasteiger partial charge on any atom is 0.0438 e. The molecule has 15 heavy (non-hydrogen) atoms. The Morgan fingerprint density at radius 2 is 2.07 bits per heavy atom. The van der Waals surface area contributed by atoms with E-state index in [1.165, 1.54) is 0 Å². The molecule has 0 aliphatic carbocycles. The number of rotatable bonds is 5. The Bertz CT molecular complexity index is 302. The van der Waals surface area contributed by atoms with Crippen LogP contribution in [0.4, 0.5) is 0 Å². The molecule has 0 heterocycles. The van der Waals surface area contributed by atoms with E-state index in [2.05, 4.69) is 10.3 Å². The topological polar surface area (TPSA) is 41.3 Å². The maximum atomic E-state index is 6.08. The van der Waals surface area contributed by atoms with Crippen LogP contribution in [0.2, 0.25) is 5.02 Å². The van der Waals surface area contributed by atoms with Crippen molar-refractivity contribution in [3.63, 3.8) is 0 Å². The lowest BCUT2D eigenvalue weighted by Gasteiger charge is -2.20. The first-order chi connectivity index (χ1) is 7.13. The van der Waals surface area contributed by atoms with Gasteiger partial charge in [-0.15, -0.1) is 0 Å². The van der Waals surface area contributed by atoms with Crippen LogP contribution in [-0.2, 0) is 6.42 Å². The normalized spacial score (nSPS) is 13.1. The summed E-state index contributed by atoms with van der Waals surface area (Å²) in [7, 11) is 4.05. The van der Waals surface area contributed by atoms with E-state index in [9.17, 15) is 0 Å². The van der Waals surface area contributed by atoms with E-state index in [1.54, 1.807) is 0 Å². The lowest BCUT2D eigenvalue weighted by molar-refractivity contribution is 0.338. The van der Waals surface area contributed by atoms with Crippen molar-refractivity contribution in [2.45, 2.75) is 12.5 Å². The number of benzene rings is 1. The Kier molecular flexibility index (Phi) is 5.05. The van der Waals surface area contributed by atoms with E-state index in [1.807, 2.05) is 38.4 Å². The summed E-state index contributed by atoms with van der Waals surface area (Å²) >= 11 is 6.08. The van der Waals surface area contributed by atoms with Crippen molar-refractivity contribution in [3.8, 4) is 0 Å². The van der Waals surface area contributed by atoms with Gasteiger partial charge in [0.1, 0.15) is 0 Å². The summed E-state index contributed by atoms with van der Waals surface area (Å²) in [5.41, 5.74) is 3.94. The van der Waals surface area contributed by atoms with Gasteiger partial charge in [-0.05, 0) is 32.1 Å². The van der Waals surface area contributed by atoms with Crippen molar-refractivity contribution >= 4 is 11.6 Å². The van der Waals surface area contributed by atoms with Gasteiger partial charge in [-0.3, -0.25) is 11.3 Å². The van der Waals surface area contributed by atoms with Crippen molar-refractivity contribution in [1.82, 2.24) is 10.3 Å². The van der Waals surface area contributed by atoms with E-state index >= 15 is 0 Å². The summed E-state index contributed by atoms with van der Waals surface area (Å²) in [5, 5.41) is 0.802. The molecule has 84 valence electrons. The van der Waals surface area contributed by atoms with Crippen molar-refractivity contribution in [1.29, 1.82) is 0 Å². The van der Waals surface area contributed by atoms with Crippen molar-refractivity contribution < 1.29 is 0 Å². The van der Waals surface area contributed by atoms with Crippen LogP contribution in [0.15, 0.2) is 24.3 Å². The fourth-order valence-corrected chi connectivity index (χ4v) is 1.76. The molecule has 1 atom stereocenters. The first kappa shape index (κ1) is 12.5. The van der Waals surface area contributed by atoms with Gasteiger partial charge in [0, 0.05) is 17.6 Å². The van der Waals surface area contributed by atoms with Crippen LogP contribution in [0.3, 0.4) is 0 Å². The van der Waals surface area contributed by atoms with Gasteiger partial charge in [0.15, 0.2) is 0 Å². The number of nitrogens with two attached hydrogens (primary N) is 1. The molecule has 3 N–H and O–H groups in total. The predicted molar refractivity (Wildman–Crippen MR) is 64.8 cm³/mol. The van der Waals surface area contributed by atoms with Gasteiger partial charge in [-0.1, -0.05) is 29.8 Å². The number of halogens is 1. The van der Waals surface area contributed by atoms with Crippen LogP contribution in [-0.4, -0.2) is 31.6 Å². The average molecular weight is 228 g/mol. The maximum absolute atomic E-state index is 6.08. The number of hydrogen-bond acceptors (Lipinski definition) is 3. The lowest BCUT2D eigenvalue weighted by atomic mass is 10.1. The molecule has 0 fully saturated rings. The van der Waals surface area contributed by atoms with Gasteiger partial charge >= 0.3 is 0 Å². The Morgan fingerprint density at radius 1 is 1.40 bits per heavy atom. The molecule has 4 heteroatoms. The summed E-state index contributed by atoms with van der Waals surface area (Å²) in [6.07, 6.45) is 0.842. The van der Waals surface area contributed by atoms with Crippen LogP contribution < -0.4 is 11.3 Å². The molecule has 0 bridgehead atoms. The van der Waals surface area contributed by atoms with Gasteiger partial charge in [0.25, 0.3) is 0 Å². The molecule has 0 radical (unpaired) electrons. The largest absolute Gasteiger partial charge is 0.308 e. The second-order valence-corrected chi connectivity index (χ2v) is 4.33. The number of hydrogen-bond donors (Lipinski definition) is 2. The number of nitrogens with zero attached hydrogens (tertiary/aromatic N) is 1. The van der Waals surface area contributed by atoms with Crippen LogP contribution in [0, 0.1) is 0 Å². The standard InChI is InChI=1S/C11H18ClN3/c1-15(2)8-10(14-13)7-9-5-3-4-6-11(9)12/h3-6,10,14H,7-8,13H2,1-2H3. The van der Waals surface area contributed by atoms with E-state index in [4.69, 9.17) is 17.4 Å². The van der Waals surface area contributed by atoms with E-state index in [-0.39, 0.29) is 6.04 Å². The smallest absolute Gasteiger partial charge is 0.0438 e. The molecular formula is C11H18ClN3. The number of nitrogens with one attached hydrogen (secondary N) is 1. The molecule has 0 amide bonds. The second kappa shape index (κ2) is 6.08. The van der Waals surface area contributed by atoms with E-state index in [0.29, 0.717) is 0 Å². The number of likely N-dealkylation sites (N-methyl/N-ethyl adjacent to an activating group) is 1. The molecular weight excluding hydrogens is 210 g/mol. The number of hydrazine groups is 1. The van der Waals surface area contributed by atoms with Crippen LogP contribution >= 0.6 is 11.6 Å². The fraction of sp³-hybridized carbons (Fsp3) is 0.455. The molecule has 1 aromatic rings. The van der Waals surface area contributed by atoms with Crippen molar-refractivity contribution in [2.75, 3.05) is 20.6 Å². The minimum Gasteiger partial charge on any atom is -0.308 e. The molecule has 0 saturated carbocycles. The molecule has 1 rings (SSSR count). The minimum atomic E-state index is 0.222. The molecule has 3 nitrogen and oxygen atoms in total. The third-order valence-electron chi connectivity index (χ3n) is 2.25. The molecule has 1 unspecified atom stereocenters. The first-order valence-electron chi connectivity index (χ1n) is 4.97. The molecule has 0 saturated heterocycles. The first-order valence-corrected chi connectivity index (χ1v) is 5.35. The SMILES string of the molecule is CN(C)CC(Cc1ccccc1Cl)NN. The van der Waals surface area contributed by atoms with Gasteiger partial charge < -0.3 is 4.90 Å². The Balaban J connectivity index is 2.62. The highest BCUT2D eigenvalue weighted by Gasteiger charge is 2.10. The Hall–Kier alpha value is -0.610. The van der Waals surface area contributed by atoms with Crippen LogP contribution in [0.1, 0.15) is 5.56 Å². The molecule has 0 aliphatic heterocycles. The highest BCUT2D eigenvalue weighted by Crippen LogP contribution is 2.16. The van der Waals surface area contributed by atoms with Crippen molar-refractivity contribution in [3.05, 3.63) is 34.9 Å². The van der Waals surface area contributed by atoms with Gasteiger partial charge in [0.05, 0.1) is 0 Å². The predicted octanol–water partition coefficient (Wildman–Crippen LogP) is 1.28. The third-order valence-corrected chi connectivity index (χ3v) is 2.61. The minimum absolute atomic E-state index is 0.222. The quantitative estimate of drug-likeness (QED) is 0.588. The molecule has 0 spiro atoms. The summed E-state index contributed by atoms with van der Waals surface area (Å²) in [6, 6.07) is 8.08. The molecule has 0 aromatic heterocycles. The summed E-state index contributed by atoms with van der Waals surface area (Å²) < 4.78 is 0. The lowest BCUT2D eigenvalue weighted by Crippen LogP contribution is -2.43. The van der Waals surface area contributed by atoms with Crippen LogP contribution in [0.25, 0.3) is 0 Å². The zero-order chi connectivity index (χ0) is 11.3. The van der Waals surface area contributed by atoms with Crippen molar-refractivity contribution in [2.24, 2.45) is 5.84 Å². The zero-order valence-electron chi connectivity index (χ0n) is 9.20. The third kappa shape index (κ3) is 4.18. The Labute approximate surface area is 96.2 Å². The van der Waals surface area contributed by atoms with E-state index < -0.39 is 0 Å². The monoisotopic (exact) mass is 227 g/mol. The Morgan fingerprint density at radius 3 is 2.60 bits per heavy atom. The summed E-state index contributed by atoms with van der Waals surface area (Å²) in [4.78, 5) is 2.10. The van der Waals surface area contributed by atoms with Crippen LogP contribution in [0.5, 0.6) is 0 Å². The van der Waals surface area contributed by atoms with E-state index in [0.717, 1.165) is 23.6 Å². The average Bonchev–Trinajstić information content (AvgIpc) is 2.19. The van der Waals surface area contributed by atoms with Gasteiger partial charge in [-0.25, -0.2) is 0 Å². The van der Waals surface area contributed by atoms with Gasteiger partial charge in [0.2, 0.25) is 0 Å². The summed E-state index contributed by atoms with van der Waals surface area (Å²) in [6.45, 7) is 0.891. The summed E-state index contributed by atoms with van der Waals surface area (Å²) in [5.74, 6) is 5.50. The highest BCUT2D eigenvalue weighted by molar-refractivity contribution is 6.31. The fourth-order valence-electron chi connectivity index (χ4n) is 1.55. The molecule has 0 aliphatic rings. The zero-order valence-corrected chi connectivity index (χ0v) is 9.96.